The number of likely N-dealkylation sites (tertiary alicyclic amines) is 1. The lowest BCUT2D eigenvalue weighted by Gasteiger charge is -2.20. The fourth-order valence-electron chi connectivity index (χ4n) is 5.23. The van der Waals surface area contributed by atoms with Gasteiger partial charge in [-0.15, -0.1) is 0 Å². The number of hydrogen-bond acceptors (Lipinski definition) is 3. The monoisotopic (exact) mass is 385 g/mol. The number of amides is 1. The van der Waals surface area contributed by atoms with E-state index in [0.29, 0.717) is 11.8 Å². The first-order valence-electron chi connectivity index (χ1n) is 10.5. The van der Waals surface area contributed by atoms with Gasteiger partial charge in [-0.2, -0.15) is 0 Å². The van der Waals surface area contributed by atoms with E-state index >= 15 is 0 Å². The molecule has 1 aliphatic heterocycles. The van der Waals surface area contributed by atoms with Crippen LogP contribution in [0.3, 0.4) is 0 Å². The van der Waals surface area contributed by atoms with Gasteiger partial charge in [0.1, 0.15) is 0 Å². The van der Waals surface area contributed by atoms with Gasteiger partial charge in [-0.05, 0) is 56.2 Å². The molecule has 1 aliphatic carbocycles. The summed E-state index contributed by atoms with van der Waals surface area (Å²) in [6.07, 6.45) is 2.23. The van der Waals surface area contributed by atoms with Crippen molar-refractivity contribution in [2.24, 2.45) is 17.6 Å². The molecule has 4 heteroatoms. The van der Waals surface area contributed by atoms with Crippen LogP contribution < -0.4 is 5.73 Å². The summed E-state index contributed by atoms with van der Waals surface area (Å²) in [6.45, 7) is 5.80. The molecule has 2 fully saturated rings. The van der Waals surface area contributed by atoms with Crippen LogP contribution in [0.2, 0.25) is 0 Å². The van der Waals surface area contributed by atoms with Gasteiger partial charge in [0.2, 0.25) is 0 Å². The molecule has 3 unspecified atom stereocenters. The number of hydrogen-bond donors (Lipinski definition) is 1. The molecule has 148 valence electrons. The van der Waals surface area contributed by atoms with E-state index in [2.05, 4.69) is 32.0 Å². The average molecular weight is 386 g/mol. The predicted molar refractivity (Wildman–Crippen MR) is 117 cm³/mol. The summed E-state index contributed by atoms with van der Waals surface area (Å²) in [4.78, 5) is 20.5. The number of rotatable bonds is 2. The van der Waals surface area contributed by atoms with Gasteiger partial charge in [0.05, 0.1) is 16.8 Å². The second-order valence-electron chi connectivity index (χ2n) is 8.77. The number of carbonyl (C=O) groups excluding carboxylic acids is 1. The third kappa shape index (κ3) is 3.12. The van der Waals surface area contributed by atoms with Crippen LogP contribution in [0.25, 0.3) is 22.2 Å². The molecule has 2 N–H and O–H groups in total. The van der Waals surface area contributed by atoms with E-state index in [1.807, 2.05) is 35.2 Å². The van der Waals surface area contributed by atoms with Crippen molar-refractivity contribution in [3.63, 3.8) is 0 Å². The maximum Gasteiger partial charge on any atom is 0.254 e. The topological polar surface area (TPSA) is 59.2 Å². The average Bonchev–Trinajstić information content (AvgIpc) is 3.29. The Morgan fingerprint density at radius 1 is 1.07 bits per heavy atom. The minimum Gasteiger partial charge on any atom is -0.338 e. The first-order chi connectivity index (χ1) is 14.0. The number of benzene rings is 2. The molecular weight excluding hydrogens is 358 g/mol. The fourth-order valence-corrected chi connectivity index (χ4v) is 5.23. The van der Waals surface area contributed by atoms with E-state index in [-0.39, 0.29) is 11.9 Å². The van der Waals surface area contributed by atoms with Crippen LogP contribution in [0, 0.1) is 25.7 Å². The lowest BCUT2D eigenvalue weighted by Crippen LogP contribution is -2.33. The normalized spacial score (nSPS) is 23.6. The van der Waals surface area contributed by atoms with Gasteiger partial charge in [-0.1, -0.05) is 42.0 Å². The Hall–Kier alpha value is -2.72. The number of nitrogens with zero attached hydrogens (tertiary/aromatic N) is 2. The first-order valence-corrected chi connectivity index (χ1v) is 10.5. The number of carbonyl (C=O) groups is 1. The molecule has 4 nitrogen and oxygen atoms in total. The van der Waals surface area contributed by atoms with Crippen LogP contribution in [0.15, 0.2) is 48.5 Å². The van der Waals surface area contributed by atoms with Crippen LogP contribution >= 0.6 is 0 Å². The van der Waals surface area contributed by atoms with Gasteiger partial charge in [0.25, 0.3) is 5.91 Å². The molecule has 3 atom stereocenters. The van der Waals surface area contributed by atoms with E-state index in [0.717, 1.165) is 53.7 Å². The van der Waals surface area contributed by atoms with Gasteiger partial charge >= 0.3 is 0 Å². The molecular formula is C25H27N3O. The van der Waals surface area contributed by atoms with E-state index < -0.39 is 0 Å². The summed E-state index contributed by atoms with van der Waals surface area (Å²) in [5, 5.41) is 0.923. The Balaban J connectivity index is 1.58. The van der Waals surface area contributed by atoms with Crippen LogP contribution in [0.1, 0.15) is 34.3 Å². The van der Waals surface area contributed by atoms with E-state index in [1.165, 1.54) is 11.1 Å². The SMILES string of the molecule is Cc1ccc(-c2cc(C(=O)N3CC4CCC(N)C4C3)c3ccccc3n2)c(C)c1. The van der Waals surface area contributed by atoms with Crippen molar-refractivity contribution in [3.8, 4) is 11.3 Å². The standard InChI is InChI=1S/C25H27N3O/c1-15-7-9-18(16(2)11-15)24-12-20(19-5-3-4-6-23(19)27-24)25(29)28-13-17-8-10-22(26)21(17)14-28/h3-7,9,11-12,17,21-22H,8,10,13-14,26H2,1-2H3. The molecule has 0 bridgehead atoms. The molecule has 0 spiro atoms. The second-order valence-corrected chi connectivity index (χ2v) is 8.77. The van der Waals surface area contributed by atoms with Crippen molar-refractivity contribution < 1.29 is 4.79 Å². The zero-order valence-electron chi connectivity index (χ0n) is 17.1. The molecule has 2 aliphatic rings. The number of nitrogens with two attached hydrogens (primary N) is 1. The molecule has 5 rings (SSSR count). The van der Waals surface area contributed by atoms with Crippen molar-refractivity contribution in [2.45, 2.75) is 32.7 Å². The molecule has 2 heterocycles. The molecule has 1 saturated heterocycles. The second kappa shape index (κ2) is 6.96. The Bertz CT molecular complexity index is 1110. The number of aryl methyl sites for hydroxylation is 2. The first kappa shape index (κ1) is 18.3. The third-order valence-corrected chi connectivity index (χ3v) is 6.80. The Kier molecular flexibility index (Phi) is 4.39. The summed E-state index contributed by atoms with van der Waals surface area (Å²) < 4.78 is 0. The molecule has 29 heavy (non-hydrogen) atoms. The molecule has 3 aromatic rings. The van der Waals surface area contributed by atoms with Gasteiger partial charge in [-0.25, -0.2) is 4.98 Å². The van der Waals surface area contributed by atoms with Crippen molar-refractivity contribution in [3.05, 3.63) is 65.2 Å². The summed E-state index contributed by atoms with van der Waals surface area (Å²) in [5.74, 6) is 1.11. The Morgan fingerprint density at radius 3 is 2.69 bits per heavy atom. The quantitative estimate of drug-likeness (QED) is 0.714. The highest BCUT2D eigenvalue weighted by atomic mass is 16.2. The smallest absolute Gasteiger partial charge is 0.254 e. The largest absolute Gasteiger partial charge is 0.338 e. The summed E-state index contributed by atoms with van der Waals surface area (Å²) in [5.41, 5.74) is 12.2. The van der Waals surface area contributed by atoms with E-state index in [9.17, 15) is 4.79 Å². The Labute approximate surface area is 171 Å². The van der Waals surface area contributed by atoms with Gasteiger partial charge < -0.3 is 10.6 Å². The van der Waals surface area contributed by atoms with Crippen molar-refractivity contribution in [2.75, 3.05) is 13.1 Å². The van der Waals surface area contributed by atoms with Crippen molar-refractivity contribution >= 4 is 16.8 Å². The van der Waals surface area contributed by atoms with Crippen LogP contribution in [0.4, 0.5) is 0 Å². The minimum atomic E-state index is 0.108. The zero-order chi connectivity index (χ0) is 20.1. The van der Waals surface area contributed by atoms with Crippen LogP contribution in [-0.4, -0.2) is 34.9 Å². The lowest BCUT2D eigenvalue weighted by molar-refractivity contribution is 0.0781. The summed E-state index contributed by atoms with van der Waals surface area (Å²) >= 11 is 0. The molecule has 2 aromatic carbocycles. The fraction of sp³-hybridized carbons (Fsp3) is 0.360. The predicted octanol–water partition coefficient (Wildman–Crippen LogP) is 4.33. The highest BCUT2D eigenvalue weighted by Gasteiger charge is 2.42. The van der Waals surface area contributed by atoms with Crippen LogP contribution in [-0.2, 0) is 0 Å². The van der Waals surface area contributed by atoms with Crippen LogP contribution in [0.5, 0.6) is 0 Å². The molecule has 0 radical (unpaired) electrons. The minimum absolute atomic E-state index is 0.108. The Morgan fingerprint density at radius 2 is 1.90 bits per heavy atom. The summed E-state index contributed by atoms with van der Waals surface area (Å²) in [7, 11) is 0. The van der Waals surface area contributed by atoms with Crippen molar-refractivity contribution in [1.82, 2.24) is 9.88 Å². The van der Waals surface area contributed by atoms with E-state index in [4.69, 9.17) is 10.7 Å². The number of fused-ring (bicyclic) bond motifs is 2. The van der Waals surface area contributed by atoms with Gasteiger partial charge in [0, 0.05) is 30.1 Å². The molecule has 1 amide bonds. The summed E-state index contributed by atoms with van der Waals surface area (Å²) in [6, 6.07) is 16.5. The van der Waals surface area contributed by atoms with E-state index in [1.54, 1.807) is 0 Å². The van der Waals surface area contributed by atoms with Crippen molar-refractivity contribution in [1.29, 1.82) is 0 Å². The number of para-hydroxylation sites is 1. The maximum atomic E-state index is 13.6. The molecule has 1 saturated carbocycles. The maximum absolute atomic E-state index is 13.6. The van der Waals surface area contributed by atoms with Gasteiger partial charge in [-0.3, -0.25) is 4.79 Å². The highest BCUT2D eigenvalue weighted by molar-refractivity contribution is 6.07. The molecule has 1 aromatic heterocycles. The third-order valence-electron chi connectivity index (χ3n) is 6.80. The zero-order valence-corrected chi connectivity index (χ0v) is 17.1. The number of pyridine rings is 1. The highest BCUT2D eigenvalue weighted by Crippen LogP contribution is 2.38. The lowest BCUT2D eigenvalue weighted by atomic mass is 9.98. The number of aromatic nitrogens is 1. The van der Waals surface area contributed by atoms with Gasteiger partial charge in [0.15, 0.2) is 0 Å².